The number of fused-ring (bicyclic) bond motifs is 3. The molecule has 22 heavy (non-hydrogen) atoms. The number of aliphatic hydroxyl groups is 1. The van der Waals surface area contributed by atoms with Gasteiger partial charge in [-0.25, -0.2) is 0 Å². The fourth-order valence-corrected chi connectivity index (χ4v) is 3.79. The van der Waals surface area contributed by atoms with Gasteiger partial charge in [0.05, 0.1) is 18.6 Å². The summed E-state index contributed by atoms with van der Waals surface area (Å²) in [4.78, 5) is 0. The highest BCUT2D eigenvalue weighted by atomic mass is 16.5. The van der Waals surface area contributed by atoms with Crippen LogP contribution in [0.15, 0.2) is 18.2 Å². The molecule has 2 heterocycles. The van der Waals surface area contributed by atoms with Gasteiger partial charge in [0, 0.05) is 36.4 Å². The first kappa shape index (κ1) is 15.3. The van der Waals surface area contributed by atoms with Crippen LogP contribution in [0.3, 0.4) is 0 Å². The van der Waals surface area contributed by atoms with Crippen molar-refractivity contribution in [3.8, 4) is 6.07 Å². The van der Waals surface area contributed by atoms with E-state index in [1.54, 1.807) is 0 Å². The molecule has 0 unspecified atom stereocenters. The Hall–Kier alpha value is -1.57. The molecule has 1 fully saturated rings. The predicted octanol–water partition coefficient (Wildman–Crippen LogP) is 3.18. The molecule has 1 aromatic carbocycles. The van der Waals surface area contributed by atoms with Crippen molar-refractivity contribution in [2.24, 2.45) is 5.92 Å². The Morgan fingerprint density at radius 2 is 2.27 bits per heavy atom. The van der Waals surface area contributed by atoms with Gasteiger partial charge in [-0.1, -0.05) is 12.1 Å². The van der Waals surface area contributed by atoms with E-state index in [9.17, 15) is 0 Å². The van der Waals surface area contributed by atoms with Crippen molar-refractivity contribution < 1.29 is 9.84 Å². The van der Waals surface area contributed by atoms with Crippen LogP contribution in [0.4, 0.5) is 5.69 Å². The van der Waals surface area contributed by atoms with E-state index in [1.165, 1.54) is 12.0 Å². The zero-order valence-electron chi connectivity index (χ0n) is 12.9. The molecule has 0 bridgehead atoms. The SMILES string of the molecule is N#CCc1ccc2c(c1)[C@H]1OCCC[C@H]1[C@H](CCCCO)N2. The molecule has 0 spiro atoms. The van der Waals surface area contributed by atoms with E-state index in [4.69, 9.17) is 15.1 Å². The van der Waals surface area contributed by atoms with E-state index in [2.05, 4.69) is 23.5 Å². The smallest absolute Gasteiger partial charge is 0.0892 e. The van der Waals surface area contributed by atoms with Gasteiger partial charge in [-0.05, 0) is 43.7 Å². The van der Waals surface area contributed by atoms with E-state index in [1.807, 2.05) is 6.07 Å². The molecule has 2 N–H and O–H groups in total. The van der Waals surface area contributed by atoms with E-state index >= 15 is 0 Å². The molecular formula is C18H24N2O2. The molecule has 1 aromatic rings. The third kappa shape index (κ3) is 3.11. The Bertz CT molecular complexity index is 553. The summed E-state index contributed by atoms with van der Waals surface area (Å²) in [6.45, 7) is 1.10. The lowest BCUT2D eigenvalue weighted by Crippen LogP contribution is -2.41. The van der Waals surface area contributed by atoms with Gasteiger partial charge < -0.3 is 15.2 Å². The second kappa shape index (κ2) is 7.13. The van der Waals surface area contributed by atoms with Gasteiger partial charge in [-0.15, -0.1) is 0 Å². The summed E-state index contributed by atoms with van der Waals surface area (Å²) in [5.41, 5.74) is 3.43. The van der Waals surface area contributed by atoms with Gasteiger partial charge in [0.15, 0.2) is 0 Å². The second-order valence-corrected chi connectivity index (χ2v) is 6.32. The average Bonchev–Trinajstić information content (AvgIpc) is 2.56. The van der Waals surface area contributed by atoms with Gasteiger partial charge in [0.2, 0.25) is 0 Å². The van der Waals surface area contributed by atoms with Gasteiger partial charge >= 0.3 is 0 Å². The lowest BCUT2D eigenvalue weighted by atomic mass is 9.78. The summed E-state index contributed by atoms with van der Waals surface area (Å²) < 4.78 is 6.11. The Labute approximate surface area is 132 Å². The van der Waals surface area contributed by atoms with Gasteiger partial charge in [0.1, 0.15) is 0 Å². The molecule has 4 nitrogen and oxygen atoms in total. The fraction of sp³-hybridized carbons (Fsp3) is 0.611. The number of ether oxygens (including phenoxy) is 1. The van der Waals surface area contributed by atoms with Crippen LogP contribution >= 0.6 is 0 Å². The average molecular weight is 300 g/mol. The highest BCUT2D eigenvalue weighted by Crippen LogP contribution is 2.45. The quantitative estimate of drug-likeness (QED) is 0.820. The van der Waals surface area contributed by atoms with Crippen molar-refractivity contribution in [1.29, 1.82) is 5.26 Å². The second-order valence-electron chi connectivity index (χ2n) is 6.32. The first-order valence-corrected chi connectivity index (χ1v) is 8.32. The molecule has 0 aliphatic carbocycles. The molecule has 4 heteroatoms. The molecule has 0 radical (unpaired) electrons. The summed E-state index contributed by atoms with van der Waals surface area (Å²) in [5.74, 6) is 0.497. The lowest BCUT2D eigenvalue weighted by molar-refractivity contribution is -0.0387. The highest BCUT2D eigenvalue weighted by molar-refractivity contribution is 5.57. The number of nitrogens with zero attached hydrogens (tertiary/aromatic N) is 1. The molecule has 2 aliphatic heterocycles. The third-order valence-electron chi connectivity index (χ3n) is 4.85. The van der Waals surface area contributed by atoms with Crippen LogP contribution in [0.2, 0.25) is 0 Å². The Morgan fingerprint density at radius 3 is 3.09 bits per heavy atom. The summed E-state index contributed by atoms with van der Waals surface area (Å²) in [6.07, 6.45) is 5.89. The minimum absolute atomic E-state index is 0.155. The fourth-order valence-electron chi connectivity index (χ4n) is 3.79. The number of nitrogens with one attached hydrogen (secondary N) is 1. The van der Waals surface area contributed by atoms with Crippen LogP contribution in [0.5, 0.6) is 0 Å². The van der Waals surface area contributed by atoms with Crippen LogP contribution in [0.1, 0.15) is 49.3 Å². The summed E-state index contributed by atoms with van der Waals surface area (Å²) >= 11 is 0. The molecule has 0 amide bonds. The number of unbranched alkanes of at least 4 members (excludes halogenated alkanes) is 1. The van der Waals surface area contributed by atoms with Crippen LogP contribution in [-0.4, -0.2) is 24.4 Å². The minimum atomic E-state index is 0.155. The van der Waals surface area contributed by atoms with Crippen LogP contribution in [0, 0.1) is 17.2 Å². The Morgan fingerprint density at radius 1 is 1.36 bits per heavy atom. The number of hydrogen-bond acceptors (Lipinski definition) is 4. The van der Waals surface area contributed by atoms with E-state index in [0.717, 1.165) is 43.5 Å². The zero-order chi connectivity index (χ0) is 15.4. The number of nitriles is 1. The molecule has 0 saturated carbocycles. The molecule has 3 rings (SSSR count). The van der Waals surface area contributed by atoms with Crippen molar-refractivity contribution in [2.75, 3.05) is 18.5 Å². The van der Waals surface area contributed by atoms with Gasteiger partial charge in [-0.2, -0.15) is 5.26 Å². The first-order chi connectivity index (χ1) is 10.8. The van der Waals surface area contributed by atoms with E-state index in [0.29, 0.717) is 18.4 Å². The van der Waals surface area contributed by atoms with Crippen molar-refractivity contribution in [3.05, 3.63) is 29.3 Å². The summed E-state index contributed by atoms with van der Waals surface area (Å²) in [6, 6.07) is 8.90. The van der Waals surface area contributed by atoms with Crippen molar-refractivity contribution in [3.63, 3.8) is 0 Å². The predicted molar refractivity (Wildman–Crippen MR) is 85.5 cm³/mol. The molecule has 118 valence electrons. The molecule has 3 atom stereocenters. The standard InChI is InChI=1S/C18H24N2O2/c19-9-8-13-6-7-17-15(12-13)18-14(4-3-11-22-18)16(20-17)5-1-2-10-21/h6-7,12,14,16,18,20-21H,1-5,8,10-11H2/t14-,16-,18-/m0/s1. The zero-order valence-corrected chi connectivity index (χ0v) is 12.9. The number of hydrogen-bond donors (Lipinski definition) is 2. The summed E-state index contributed by atoms with van der Waals surface area (Å²) in [5, 5.41) is 21.6. The van der Waals surface area contributed by atoms with Crippen molar-refractivity contribution >= 4 is 5.69 Å². The maximum atomic E-state index is 9.00. The van der Waals surface area contributed by atoms with Crippen LogP contribution in [0.25, 0.3) is 0 Å². The van der Waals surface area contributed by atoms with Crippen molar-refractivity contribution in [2.45, 2.75) is 50.7 Å². The van der Waals surface area contributed by atoms with E-state index < -0.39 is 0 Å². The minimum Gasteiger partial charge on any atom is -0.396 e. The van der Waals surface area contributed by atoms with Crippen LogP contribution in [-0.2, 0) is 11.2 Å². The van der Waals surface area contributed by atoms with Gasteiger partial charge in [0.25, 0.3) is 0 Å². The molecule has 1 saturated heterocycles. The maximum Gasteiger partial charge on any atom is 0.0892 e. The topological polar surface area (TPSA) is 65.3 Å². The van der Waals surface area contributed by atoms with Gasteiger partial charge in [-0.3, -0.25) is 0 Å². The largest absolute Gasteiger partial charge is 0.396 e. The van der Waals surface area contributed by atoms with Crippen LogP contribution < -0.4 is 5.32 Å². The Kier molecular flexibility index (Phi) is 4.97. The normalized spacial score (nSPS) is 26.5. The number of rotatable bonds is 5. The van der Waals surface area contributed by atoms with Crippen molar-refractivity contribution in [1.82, 2.24) is 0 Å². The molecule has 0 aromatic heterocycles. The monoisotopic (exact) mass is 300 g/mol. The molecular weight excluding hydrogens is 276 g/mol. The summed E-state index contributed by atoms with van der Waals surface area (Å²) in [7, 11) is 0. The maximum absolute atomic E-state index is 9.00. The number of benzene rings is 1. The third-order valence-corrected chi connectivity index (χ3v) is 4.85. The van der Waals surface area contributed by atoms with E-state index in [-0.39, 0.29) is 12.7 Å². The highest BCUT2D eigenvalue weighted by Gasteiger charge is 2.38. The molecule has 2 aliphatic rings. The Balaban J connectivity index is 1.83. The first-order valence-electron chi connectivity index (χ1n) is 8.32. The number of aliphatic hydroxyl groups excluding tert-OH is 1. The lowest BCUT2D eigenvalue weighted by Gasteiger charge is -2.43. The number of anilines is 1.